The highest BCUT2D eigenvalue weighted by molar-refractivity contribution is 7.99. The van der Waals surface area contributed by atoms with Crippen LogP contribution in [0.3, 0.4) is 0 Å². The number of rotatable bonds is 4. The number of nitrogen functional groups attached to an aromatic ring is 1. The number of hydrogen-bond acceptors (Lipinski definition) is 6. The van der Waals surface area contributed by atoms with Crippen LogP contribution in [0.5, 0.6) is 0 Å². The second kappa shape index (κ2) is 6.56. The van der Waals surface area contributed by atoms with Crippen LogP contribution >= 0.6 is 11.8 Å². The second-order valence-electron chi connectivity index (χ2n) is 5.52. The third kappa shape index (κ3) is 3.08. The zero-order chi connectivity index (χ0) is 18.1. The Hall–Kier alpha value is -2.87. The minimum Gasteiger partial charge on any atom is -0.384 e. The van der Waals surface area contributed by atoms with Gasteiger partial charge < -0.3 is 5.73 Å². The van der Waals surface area contributed by atoms with Crippen molar-refractivity contribution in [3.63, 3.8) is 0 Å². The number of Topliss-reactive ketones (excluding diaryl/α,β-unsaturated/α-hetero) is 1. The molecule has 2 heterocycles. The summed E-state index contributed by atoms with van der Waals surface area (Å²) in [5, 5.41) is 1.68. The lowest BCUT2D eigenvalue weighted by molar-refractivity contribution is 0.102. The Morgan fingerprint density at radius 3 is 2.60 bits per heavy atom. The number of thioether (sulfide) groups is 1. The van der Waals surface area contributed by atoms with Crippen LogP contribution in [-0.2, 0) is 14.1 Å². The van der Waals surface area contributed by atoms with Gasteiger partial charge in [-0.1, -0.05) is 36.0 Å². The van der Waals surface area contributed by atoms with Gasteiger partial charge in [-0.05, 0) is 12.1 Å². The van der Waals surface area contributed by atoms with Gasteiger partial charge in [-0.2, -0.15) is 0 Å². The predicted octanol–water partition coefficient (Wildman–Crippen LogP) is 1.19. The molecule has 8 heteroatoms. The molecule has 0 amide bonds. The van der Waals surface area contributed by atoms with Gasteiger partial charge in [0.1, 0.15) is 11.4 Å². The largest absolute Gasteiger partial charge is 0.384 e. The maximum absolute atomic E-state index is 12.5. The molecule has 128 valence electrons. The minimum atomic E-state index is -0.683. The molecule has 25 heavy (non-hydrogen) atoms. The Bertz CT molecular complexity index is 1100. The van der Waals surface area contributed by atoms with Gasteiger partial charge in [0, 0.05) is 19.5 Å². The van der Waals surface area contributed by atoms with E-state index in [9.17, 15) is 14.4 Å². The Balaban J connectivity index is 1.88. The fourth-order valence-electron chi connectivity index (χ4n) is 2.46. The van der Waals surface area contributed by atoms with Crippen molar-refractivity contribution < 1.29 is 4.79 Å². The van der Waals surface area contributed by atoms with Crippen molar-refractivity contribution in [2.45, 2.75) is 5.03 Å². The first-order valence-corrected chi connectivity index (χ1v) is 8.46. The first-order chi connectivity index (χ1) is 11.9. The average molecular weight is 356 g/mol. The number of ketones is 1. The summed E-state index contributed by atoms with van der Waals surface area (Å²) in [4.78, 5) is 41.0. The van der Waals surface area contributed by atoms with Gasteiger partial charge in [-0.15, -0.1) is 0 Å². The number of nitrogens with zero attached hydrogens (tertiary/aromatic N) is 3. The van der Waals surface area contributed by atoms with E-state index in [0.29, 0.717) is 5.03 Å². The quantitative estimate of drug-likeness (QED) is 0.557. The van der Waals surface area contributed by atoms with Crippen molar-refractivity contribution in [2.24, 2.45) is 14.1 Å². The van der Waals surface area contributed by atoms with E-state index < -0.39 is 17.0 Å². The summed E-state index contributed by atoms with van der Waals surface area (Å²) in [6, 6.07) is 11.4. The fraction of sp³-hybridized carbons (Fsp3) is 0.176. The van der Waals surface area contributed by atoms with Crippen LogP contribution < -0.4 is 17.0 Å². The molecule has 0 aliphatic heterocycles. The molecule has 3 rings (SSSR count). The summed E-state index contributed by atoms with van der Waals surface area (Å²) in [6.07, 6.45) is 0. The minimum absolute atomic E-state index is 0.00296. The normalized spacial score (nSPS) is 11.0. The van der Waals surface area contributed by atoms with E-state index in [2.05, 4.69) is 4.98 Å². The monoisotopic (exact) mass is 356 g/mol. The number of pyridine rings is 1. The van der Waals surface area contributed by atoms with Crippen LogP contribution in [-0.4, -0.2) is 25.7 Å². The molecular weight excluding hydrogens is 340 g/mol. The lowest BCUT2D eigenvalue weighted by Crippen LogP contribution is -2.41. The zero-order valence-corrected chi connectivity index (χ0v) is 14.5. The molecule has 2 aromatic heterocycles. The predicted molar refractivity (Wildman–Crippen MR) is 98.1 cm³/mol. The van der Waals surface area contributed by atoms with Crippen LogP contribution in [0.4, 0.5) is 5.82 Å². The first kappa shape index (κ1) is 17.0. The van der Waals surface area contributed by atoms with E-state index in [-0.39, 0.29) is 17.1 Å². The molecule has 0 saturated heterocycles. The van der Waals surface area contributed by atoms with Gasteiger partial charge in [-0.25, -0.2) is 9.78 Å². The van der Waals surface area contributed by atoms with Crippen LogP contribution in [0.2, 0.25) is 0 Å². The number of anilines is 1. The molecule has 0 spiro atoms. The van der Waals surface area contributed by atoms with Crippen molar-refractivity contribution in [3.05, 3.63) is 62.8 Å². The number of hydrogen-bond donors (Lipinski definition) is 1. The molecule has 0 bridgehead atoms. The van der Waals surface area contributed by atoms with E-state index in [1.165, 1.54) is 25.9 Å². The number of carbonyl (C=O) groups is 1. The van der Waals surface area contributed by atoms with Crippen LogP contribution in [0.25, 0.3) is 10.9 Å². The SMILES string of the molecule is Cn1c(N)c(C(=O)CSc2ccc3ccccc3n2)c(=O)n(C)c1=O. The Morgan fingerprint density at radius 1 is 1.12 bits per heavy atom. The third-order valence-corrected chi connectivity index (χ3v) is 4.84. The second-order valence-corrected chi connectivity index (χ2v) is 6.52. The molecule has 0 radical (unpaired) electrons. The van der Waals surface area contributed by atoms with E-state index in [0.717, 1.165) is 20.0 Å². The highest BCUT2D eigenvalue weighted by Crippen LogP contribution is 2.21. The third-order valence-electron chi connectivity index (χ3n) is 3.91. The number of nitrogens with two attached hydrogens (primary N) is 1. The summed E-state index contributed by atoms with van der Waals surface area (Å²) in [6.45, 7) is 0. The van der Waals surface area contributed by atoms with Crippen molar-refractivity contribution in [1.82, 2.24) is 14.1 Å². The average Bonchev–Trinajstić information content (AvgIpc) is 2.63. The molecule has 2 N–H and O–H groups in total. The van der Waals surface area contributed by atoms with E-state index in [4.69, 9.17) is 5.73 Å². The molecule has 3 aromatic rings. The molecule has 1 aromatic carbocycles. The smallest absolute Gasteiger partial charge is 0.332 e. The van der Waals surface area contributed by atoms with Crippen LogP contribution in [0.1, 0.15) is 10.4 Å². The van der Waals surface area contributed by atoms with E-state index >= 15 is 0 Å². The molecular formula is C17H16N4O3S. The molecule has 0 aliphatic rings. The van der Waals surface area contributed by atoms with Gasteiger partial charge in [0.2, 0.25) is 0 Å². The lowest BCUT2D eigenvalue weighted by Gasteiger charge is -2.10. The number of fused-ring (bicyclic) bond motifs is 1. The molecule has 0 saturated carbocycles. The van der Waals surface area contributed by atoms with Crippen LogP contribution in [0, 0.1) is 0 Å². The summed E-state index contributed by atoms with van der Waals surface area (Å²) in [5.41, 5.74) is 5.21. The molecule has 0 unspecified atom stereocenters. The number of benzene rings is 1. The maximum atomic E-state index is 12.5. The Kier molecular flexibility index (Phi) is 4.45. The van der Waals surface area contributed by atoms with Gasteiger partial charge in [0.05, 0.1) is 16.3 Å². The maximum Gasteiger partial charge on any atom is 0.332 e. The first-order valence-electron chi connectivity index (χ1n) is 7.47. The molecule has 0 aliphatic carbocycles. The summed E-state index contributed by atoms with van der Waals surface area (Å²) in [5.74, 6) is -0.554. The van der Waals surface area contributed by atoms with Gasteiger partial charge in [-0.3, -0.25) is 18.7 Å². The Labute approximate surface area is 147 Å². The number of para-hydroxylation sites is 1. The summed E-state index contributed by atoms with van der Waals surface area (Å²) in [7, 11) is 2.74. The molecule has 7 nitrogen and oxygen atoms in total. The Morgan fingerprint density at radius 2 is 1.84 bits per heavy atom. The highest BCUT2D eigenvalue weighted by Gasteiger charge is 2.20. The summed E-state index contributed by atoms with van der Waals surface area (Å²) >= 11 is 1.22. The summed E-state index contributed by atoms with van der Waals surface area (Å²) < 4.78 is 1.97. The van der Waals surface area contributed by atoms with Gasteiger partial charge >= 0.3 is 5.69 Å². The highest BCUT2D eigenvalue weighted by atomic mass is 32.2. The van der Waals surface area contributed by atoms with Crippen molar-refractivity contribution in [2.75, 3.05) is 11.5 Å². The van der Waals surface area contributed by atoms with E-state index in [1.807, 2.05) is 36.4 Å². The lowest BCUT2D eigenvalue weighted by atomic mass is 10.2. The number of carbonyl (C=O) groups excluding carboxylic acids is 1. The zero-order valence-electron chi connectivity index (χ0n) is 13.7. The molecule has 0 atom stereocenters. The van der Waals surface area contributed by atoms with Gasteiger partial charge in [0.25, 0.3) is 5.56 Å². The fourth-order valence-corrected chi connectivity index (χ4v) is 3.21. The van der Waals surface area contributed by atoms with E-state index in [1.54, 1.807) is 0 Å². The van der Waals surface area contributed by atoms with Gasteiger partial charge in [0.15, 0.2) is 5.78 Å². The van der Waals surface area contributed by atoms with Crippen molar-refractivity contribution in [1.29, 1.82) is 0 Å². The van der Waals surface area contributed by atoms with Crippen molar-refractivity contribution >= 4 is 34.3 Å². The number of aromatic nitrogens is 3. The molecule has 0 fully saturated rings. The van der Waals surface area contributed by atoms with Crippen LogP contribution in [0.15, 0.2) is 51.0 Å². The topological polar surface area (TPSA) is 100.0 Å². The van der Waals surface area contributed by atoms with Crippen molar-refractivity contribution in [3.8, 4) is 0 Å². The standard InChI is InChI=1S/C17H16N4O3S/c1-20-15(18)14(16(23)21(2)17(20)24)12(22)9-25-13-8-7-10-5-3-4-6-11(10)19-13/h3-8H,9,18H2,1-2H3.